The Kier molecular flexibility index (Phi) is 34.2. The number of H-pyrrole nitrogens is 6. The minimum absolute atomic E-state index is 0.00684. The van der Waals surface area contributed by atoms with Gasteiger partial charge < -0.3 is 118 Å². The summed E-state index contributed by atoms with van der Waals surface area (Å²) < 4.78 is 144. The molecule has 0 aliphatic carbocycles. The van der Waals surface area contributed by atoms with Crippen LogP contribution in [0.3, 0.4) is 0 Å². The molecule has 7 saturated heterocycles. The number of nitrogens with zero attached hydrogens (tertiary/aromatic N) is 10. The molecule has 14 N–H and O–H groups in total. The van der Waals surface area contributed by atoms with Crippen LogP contribution in [-0.2, 0) is 167 Å². The number of hydrogen-bond acceptors (Lipinski definition) is 43. The minimum atomic E-state index is -4.82. The zero-order valence-corrected chi connectivity index (χ0v) is 87.4. The molecule has 780 valence electrons. The molecule has 8 aromatic heterocycles. The third-order valence-electron chi connectivity index (χ3n) is 23.8. The molecule has 0 spiro atoms. The highest BCUT2D eigenvalue weighted by molar-refractivity contribution is 8.44. The fourth-order valence-corrected chi connectivity index (χ4v) is 27.4. The number of nitrogens with one attached hydrogen (secondary N) is 6. The maximum atomic E-state index is 14.9. The van der Waals surface area contributed by atoms with E-state index in [0.29, 0.717) is 6.42 Å². The van der Waals surface area contributed by atoms with Crippen molar-refractivity contribution in [3.63, 3.8) is 0 Å². The molecule has 15 rings (SSSR count). The molecule has 28 atom stereocenters. The van der Waals surface area contributed by atoms with Gasteiger partial charge in [-0.15, -0.1) is 0 Å². The topological polar surface area (TPSA) is 722 Å². The van der Waals surface area contributed by atoms with E-state index in [1.807, 2.05) is 0 Å². The molecule has 7 aliphatic rings. The van der Waals surface area contributed by atoms with Gasteiger partial charge in [-0.3, -0.25) is 99.7 Å². The Balaban J connectivity index is 0.646. The molecule has 0 radical (unpaired) electrons. The van der Waals surface area contributed by atoms with Gasteiger partial charge in [-0.2, -0.15) is 0 Å². The van der Waals surface area contributed by atoms with E-state index in [-0.39, 0.29) is 76.0 Å². The number of imidazole rings is 1. The SMILES string of the molecule is CC[C@H]1O[C@@H](n2cc(C)c(=O)[nH]c2=O)C[C@H]1OP(O)(=S)OC[C@H]1O[C@@H](n2cnc3c(N)ncnc32)C[C@H]1OP(=O)(S)OC[C@H]1O[C@@H](n2cc(C)c(=O)[nH]c2=O)C[C@H]1OP(O)(=S)OC[C@H]1O[C@@H](n2cc(C)c(=O)[nH]c2=O)C[C@H]1P(O)(=S)OC[C@H]1O[C@@H](n2cc(C)c(=O)[nH]c2=O)C[C@H]1OP(O)(=S)OC[C@H]1O[C@@H](n2cc(C)c(=O)[nH]c2=O)C[C@H]1OP(O)(=S)OC[C@H]1O[C@@H](n2cc(C)c(=O)[nH]c2=O)C[C@H]1OP(O)(=S)OC. The highest BCUT2D eigenvalue weighted by Gasteiger charge is 2.53. The maximum Gasteiger partial charge on any atom is 0.386 e. The van der Waals surface area contributed by atoms with Crippen molar-refractivity contribution in [1.82, 2.24) is 76.8 Å². The summed E-state index contributed by atoms with van der Waals surface area (Å²) in [5.41, 5.74) is -4.49. The summed E-state index contributed by atoms with van der Waals surface area (Å²) in [6.07, 6.45) is -18.7. The van der Waals surface area contributed by atoms with Crippen LogP contribution in [0.25, 0.3) is 11.2 Å². The molecule has 70 heteroatoms. The van der Waals surface area contributed by atoms with Gasteiger partial charge in [0.05, 0.1) is 94.4 Å². The van der Waals surface area contributed by atoms with Gasteiger partial charge in [0, 0.05) is 123 Å². The zero-order valence-electron chi connectivity index (χ0n) is 75.4. The van der Waals surface area contributed by atoms with Gasteiger partial charge in [0.25, 0.3) is 33.4 Å². The average Bonchev–Trinajstić information content (AvgIpc) is 1.62. The number of fused-ring (bicyclic) bond motifs is 1. The van der Waals surface area contributed by atoms with E-state index >= 15 is 0 Å². The Bertz CT molecular complexity index is 7300. The van der Waals surface area contributed by atoms with Gasteiger partial charge in [-0.25, -0.2) is 48.3 Å². The summed E-state index contributed by atoms with van der Waals surface area (Å²) >= 11 is 37.8. The van der Waals surface area contributed by atoms with Crippen LogP contribution in [-0.4, -0.2) is 238 Å². The number of hydrogen-bond donors (Lipinski definition) is 14. The molecule has 142 heavy (non-hydrogen) atoms. The lowest BCUT2D eigenvalue weighted by molar-refractivity contribution is -0.0543. The molecule has 8 aromatic rings. The largest absolute Gasteiger partial charge is 0.386 e. The van der Waals surface area contributed by atoms with Crippen LogP contribution >= 0.6 is 59.1 Å². The van der Waals surface area contributed by atoms with Crippen LogP contribution in [0.1, 0.15) is 135 Å². The summed E-state index contributed by atoms with van der Waals surface area (Å²) in [4.78, 5) is 253. The number of nitrogen functional groups attached to an aromatic ring is 1. The lowest BCUT2D eigenvalue weighted by Crippen LogP contribution is -2.34. The first-order chi connectivity index (χ1) is 66.6. The highest BCUT2D eigenvalue weighted by Crippen LogP contribution is 2.62. The molecule has 0 bridgehead atoms. The van der Waals surface area contributed by atoms with E-state index in [0.717, 1.165) is 48.5 Å². The average molecular weight is 2260 g/mol. The third-order valence-corrected chi connectivity index (χ3v) is 36.5. The summed E-state index contributed by atoms with van der Waals surface area (Å²) in [5, 5.41) is 0. The number of rotatable bonds is 40. The van der Waals surface area contributed by atoms with E-state index < -0.39 is 302 Å². The number of aromatic nitrogens is 16. The van der Waals surface area contributed by atoms with Crippen LogP contribution in [0, 0.1) is 41.5 Å². The first-order valence-electron chi connectivity index (χ1n) is 42.9. The third kappa shape index (κ3) is 25.9. The Labute approximate surface area is 833 Å². The number of aromatic amines is 6. The predicted octanol–water partition coefficient (Wildman–Crippen LogP) is 0.832. The first-order valence-corrected chi connectivity index (χ1v) is 61.3. The monoisotopic (exact) mass is 2260 g/mol. The highest BCUT2D eigenvalue weighted by atomic mass is 32.7. The second-order valence-corrected chi connectivity index (χ2v) is 54.2. The summed E-state index contributed by atoms with van der Waals surface area (Å²) in [6.45, 7) is -26.4. The molecule has 0 amide bonds. The number of aryl methyl sites for hydroxylation is 6. The number of anilines is 1. The van der Waals surface area contributed by atoms with Crippen molar-refractivity contribution in [2.24, 2.45) is 0 Å². The van der Waals surface area contributed by atoms with Crippen LogP contribution in [0.15, 0.2) is 107 Å². The van der Waals surface area contributed by atoms with E-state index in [1.165, 1.54) is 81.9 Å². The van der Waals surface area contributed by atoms with Crippen LogP contribution in [0.2, 0.25) is 0 Å². The Morgan fingerprint density at radius 1 is 0.366 bits per heavy atom. The molecule has 7 fully saturated rings. The quantitative estimate of drug-likeness (QED) is 0.0187. The van der Waals surface area contributed by atoms with Gasteiger partial charge in [-0.1, -0.05) is 19.2 Å². The molecule has 0 aromatic carbocycles. The predicted molar refractivity (Wildman–Crippen MR) is 517 cm³/mol. The zero-order chi connectivity index (χ0) is 103. The van der Waals surface area contributed by atoms with E-state index in [1.54, 1.807) is 6.92 Å². The molecular formula is C72H96N17O39P7S7. The minimum Gasteiger partial charge on any atom is -0.382 e. The molecule has 56 nitrogen and oxygen atoms in total. The van der Waals surface area contributed by atoms with Gasteiger partial charge in [-0.05, 0) is 119 Å². The normalized spacial score (nSPS) is 29.9. The Morgan fingerprint density at radius 3 is 0.930 bits per heavy atom. The molecule has 7 unspecified atom stereocenters. The van der Waals surface area contributed by atoms with Gasteiger partial charge >= 0.3 is 74.5 Å². The molecular weight excluding hydrogens is 2170 g/mol. The Morgan fingerprint density at radius 2 is 0.620 bits per heavy atom. The van der Waals surface area contributed by atoms with E-state index in [4.69, 9.17) is 169 Å². The van der Waals surface area contributed by atoms with Gasteiger partial charge in [0.2, 0.25) is 0 Å². The smallest absolute Gasteiger partial charge is 0.382 e. The molecule has 0 saturated carbocycles. The maximum absolute atomic E-state index is 14.9. The number of nitrogens with two attached hydrogens (primary N) is 1. The molecule has 7 aliphatic heterocycles. The van der Waals surface area contributed by atoms with Crippen molar-refractivity contribution in [2.45, 2.75) is 228 Å². The Hall–Kier alpha value is -6.13. The van der Waals surface area contributed by atoms with Gasteiger partial charge in [0.1, 0.15) is 92.1 Å². The summed E-state index contributed by atoms with van der Waals surface area (Å²) in [6, 6.07) is 0. The van der Waals surface area contributed by atoms with Crippen LogP contribution in [0.4, 0.5) is 5.82 Å². The summed E-state index contributed by atoms with van der Waals surface area (Å²) in [7, 11) is 1.08. The number of thiol groups is 1. The first kappa shape index (κ1) is 110. The van der Waals surface area contributed by atoms with Crippen molar-refractivity contribution >= 4 is 147 Å². The lowest BCUT2D eigenvalue weighted by Gasteiger charge is -2.30. The fourth-order valence-electron chi connectivity index (χ4n) is 16.6. The number of ether oxygens (including phenoxy) is 7. The van der Waals surface area contributed by atoms with Crippen LogP contribution < -0.4 is 73.2 Å². The van der Waals surface area contributed by atoms with Crippen molar-refractivity contribution in [3.8, 4) is 0 Å². The van der Waals surface area contributed by atoms with E-state index in [2.05, 4.69) is 57.1 Å². The molecule has 15 heterocycles. The van der Waals surface area contributed by atoms with Crippen molar-refractivity contribution < 1.29 is 126 Å². The van der Waals surface area contributed by atoms with Gasteiger partial charge in [0.15, 0.2) is 18.0 Å². The van der Waals surface area contributed by atoms with E-state index in [9.17, 15) is 91.5 Å². The lowest BCUT2D eigenvalue weighted by atomic mass is 10.1. The van der Waals surface area contributed by atoms with Crippen molar-refractivity contribution in [3.05, 3.63) is 208 Å². The second kappa shape index (κ2) is 44.2. The summed E-state index contributed by atoms with van der Waals surface area (Å²) in [5.74, 6) is 0.0110. The second-order valence-electron chi connectivity index (χ2n) is 33.7. The standard InChI is InChI=1S/C72H96N17O39P7S7/c1-9-37-38(10-51(116-37)83-17-31(2)61(90)77-67(83)96)124-131(104,138)111-27-48-43(15-56(121-48)89-30-76-58-59(73)74-29-75-60(58)89)128-134(107,141)114-26-47-42(14-55(120-47)87-21-35(6)65(94)81-71(87)100)127-135(108,142)115-28-49-50(16-57(122-49)88-22-36(7)66(95)82-72(88)101)129(102,136)110-23-44-40(12-53(117-44)85-19-33(4)63(92)79-69(85)98)125-132(105,139)113-25-46-41(13-54(119-46)86-20-34(5)64(93)80-70(86)99)126-133(106,140)112-24-45-39(123-130(103,137)109-8)11-52(118-45)84-18-32(3)62(91)78-68(84)97/h17-22,29-30,37-57H,9-16,23-28H2,1-8H3,(H,102,136)(H,103,137)(H,104,138)(H,105,139)(H,106,140)(H,107,141)(H,108,142)(H2,73,74,75)(H,77,90,96)(H,78,91,97)(H,79,92,98)(H,80,93,99)(H,81,94,100)(H,82,95,101)/t37-,38-,39-,40-,41-,42-,43-,44-,45-,46-,47-,48-,49-,50-,51-,52-,53-,54-,55-,56-,57-,129?,130?,131?,132?,133?,134?,135?/m1/s1. The van der Waals surface area contributed by atoms with Crippen LogP contribution in [0.5, 0.6) is 0 Å². The van der Waals surface area contributed by atoms with Crippen molar-refractivity contribution in [1.29, 1.82) is 0 Å². The van der Waals surface area contributed by atoms with Crippen molar-refractivity contribution in [2.75, 3.05) is 52.5 Å². The fraction of sp³-hybridized carbons (Fsp3) is 0.597.